The van der Waals surface area contributed by atoms with Crippen molar-refractivity contribution >= 4 is 17.7 Å². The molecule has 0 radical (unpaired) electrons. The molecule has 0 fully saturated rings. The van der Waals surface area contributed by atoms with Crippen molar-refractivity contribution in [2.75, 3.05) is 34.3 Å². The molecule has 25 heavy (non-hydrogen) atoms. The van der Waals surface area contributed by atoms with Gasteiger partial charge in [0.2, 0.25) is 0 Å². The van der Waals surface area contributed by atoms with E-state index in [2.05, 4.69) is 26.1 Å². The third-order valence-electron chi connectivity index (χ3n) is 3.83. The van der Waals surface area contributed by atoms with Crippen LogP contribution in [0.4, 0.5) is 5.69 Å². The molecule has 0 N–H and O–H groups in total. The van der Waals surface area contributed by atoms with Gasteiger partial charge >= 0.3 is 0 Å². The molecule has 130 valence electrons. The lowest BCUT2D eigenvalue weighted by molar-refractivity contribution is -0.870. The quantitative estimate of drug-likeness (QED) is 0.603. The minimum absolute atomic E-state index is 0.545. The Balaban J connectivity index is 1.79. The summed E-state index contributed by atoms with van der Waals surface area (Å²) in [5.74, 6) is 1.95. The minimum Gasteiger partial charge on any atom is -0.475 e. The predicted octanol–water partition coefficient (Wildman–Crippen LogP) is 4.26. The van der Waals surface area contributed by atoms with Crippen LogP contribution in [-0.4, -0.2) is 44.7 Å². The molecule has 0 atom stereocenters. The van der Waals surface area contributed by atoms with Crippen LogP contribution in [0.15, 0.2) is 65.3 Å². The molecule has 2 aromatic carbocycles. The fourth-order valence-electron chi connectivity index (χ4n) is 2.57. The summed E-state index contributed by atoms with van der Waals surface area (Å²) in [5, 5.41) is 0. The van der Waals surface area contributed by atoms with Crippen molar-refractivity contribution in [1.29, 1.82) is 0 Å². The lowest BCUT2D eigenvalue weighted by atomic mass is 10.2. The monoisotopic (exact) mass is 337 g/mol. The molecule has 1 heterocycles. The Hall–Kier alpha value is -2.59. The Morgan fingerprint density at radius 3 is 2.48 bits per heavy atom. The van der Waals surface area contributed by atoms with E-state index in [0.717, 1.165) is 34.4 Å². The van der Waals surface area contributed by atoms with E-state index < -0.39 is 0 Å². The molecule has 4 heteroatoms. The van der Waals surface area contributed by atoms with Gasteiger partial charge in [-0.2, -0.15) is 0 Å². The molecule has 3 rings (SSSR count). The van der Waals surface area contributed by atoms with Crippen LogP contribution >= 0.6 is 0 Å². The van der Waals surface area contributed by atoms with Crippen molar-refractivity contribution in [3.63, 3.8) is 0 Å². The van der Waals surface area contributed by atoms with Gasteiger partial charge in [0.25, 0.3) is 5.90 Å². The number of nitrogens with zero attached hydrogens (tertiary/aromatic N) is 2. The molecule has 0 aliphatic carbocycles. The van der Waals surface area contributed by atoms with Crippen molar-refractivity contribution in [2.45, 2.75) is 6.42 Å². The minimum atomic E-state index is 0.545. The Morgan fingerprint density at radius 1 is 1.00 bits per heavy atom. The Morgan fingerprint density at radius 2 is 1.72 bits per heavy atom. The zero-order valence-electron chi connectivity index (χ0n) is 15.1. The molecule has 0 unspecified atom stereocenters. The number of para-hydroxylation sites is 2. The molecule has 0 spiro atoms. The highest BCUT2D eigenvalue weighted by Gasteiger charge is 2.20. The number of benzene rings is 2. The van der Waals surface area contributed by atoms with Gasteiger partial charge in [0.15, 0.2) is 11.5 Å². The van der Waals surface area contributed by atoms with Crippen LogP contribution < -0.4 is 4.74 Å². The molecule has 2 aromatic rings. The van der Waals surface area contributed by atoms with Crippen LogP contribution in [-0.2, 0) is 4.74 Å². The Kier molecular flexibility index (Phi) is 5.19. The first-order valence-electron chi connectivity index (χ1n) is 8.57. The van der Waals surface area contributed by atoms with E-state index >= 15 is 0 Å². The molecule has 0 bridgehead atoms. The highest BCUT2D eigenvalue weighted by atomic mass is 16.5. The number of rotatable bonds is 5. The summed E-state index contributed by atoms with van der Waals surface area (Å²) >= 11 is 0. The van der Waals surface area contributed by atoms with Crippen molar-refractivity contribution in [2.24, 2.45) is 4.99 Å². The van der Waals surface area contributed by atoms with E-state index in [4.69, 9.17) is 9.47 Å². The summed E-state index contributed by atoms with van der Waals surface area (Å²) in [5.41, 5.74) is 1.86. The third kappa shape index (κ3) is 4.94. The normalized spacial score (nSPS) is 15.3. The van der Waals surface area contributed by atoms with Crippen LogP contribution in [0.3, 0.4) is 0 Å². The average Bonchev–Trinajstić information content (AvgIpc) is 2.59. The first-order chi connectivity index (χ1) is 12.0. The lowest BCUT2D eigenvalue weighted by Gasteiger charge is -2.24. The summed E-state index contributed by atoms with van der Waals surface area (Å²) in [4.78, 5) is 4.65. The number of hydrogen-bond donors (Lipinski definition) is 0. The van der Waals surface area contributed by atoms with Crippen molar-refractivity contribution < 1.29 is 14.0 Å². The highest BCUT2D eigenvalue weighted by molar-refractivity contribution is 5.99. The van der Waals surface area contributed by atoms with Gasteiger partial charge in [-0.3, -0.25) is 0 Å². The van der Waals surface area contributed by atoms with Gasteiger partial charge in [0.1, 0.15) is 5.69 Å². The van der Waals surface area contributed by atoms with Crippen LogP contribution in [0, 0.1) is 0 Å². The predicted molar refractivity (Wildman–Crippen MR) is 102 cm³/mol. The molecule has 0 aromatic heterocycles. The number of hydrogen-bond acceptors (Lipinski definition) is 3. The van der Waals surface area contributed by atoms with E-state index in [9.17, 15) is 0 Å². The Labute approximate surface area is 149 Å². The topological polar surface area (TPSA) is 30.8 Å². The maximum atomic E-state index is 6.05. The molecule has 0 saturated heterocycles. The fraction of sp³-hybridized carbons (Fsp3) is 0.286. The Bertz CT molecular complexity index is 774. The molecular formula is C21H25N2O2+. The van der Waals surface area contributed by atoms with Crippen molar-refractivity contribution in [1.82, 2.24) is 0 Å². The zero-order valence-corrected chi connectivity index (χ0v) is 15.1. The highest BCUT2D eigenvalue weighted by Crippen LogP contribution is 2.34. The second-order valence-electron chi connectivity index (χ2n) is 7.12. The standard InChI is InChI=1S/C21H25N2O2/c1-23(2,3)14-9-15-24-21-20(16-17-10-5-4-6-11-17)25-19-13-8-7-12-18(19)22-21/h4-8,10-13,16H,9,14-15H2,1-3H3/q+1/b20-16+. The van der Waals surface area contributed by atoms with E-state index in [-0.39, 0.29) is 0 Å². The van der Waals surface area contributed by atoms with E-state index in [1.54, 1.807) is 0 Å². The second kappa shape index (κ2) is 7.53. The molecule has 4 nitrogen and oxygen atoms in total. The first kappa shape index (κ1) is 17.2. The van der Waals surface area contributed by atoms with Gasteiger partial charge in [-0.1, -0.05) is 42.5 Å². The van der Waals surface area contributed by atoms with Crippen LogP contribution in [0.25, 0.3) is 6.08 Å². The number of fused-ring (bicyclic) bond motifs is 1. The fourth-order valence-corrected chi connectivity index (χ4v) is 2.57. The van der Waals surface area contributed by atoms with Gasteiger partial charge in [0, 0.05) is 6.42 Å². The zero-order chi connectivity index (χ0) is 17.7. The summed E-state index contributed by atoms with van der Waals surface area (Å²) in [6, 6.07) is 17.8. The summed E-state index contributed by atoms with van der Waals surface area (Å²) < 4.78 is 12.9. The largest absolute Gasteiger partial charge is 0.475 e. The van der Waals surface area contributed by atoms with Crippen molar-refractivity contribution in [3.8, 4) is 5.75 Å². The molecule has 1 aliphatic heterocycles. The number of ether oxygens (including phenoxy) is 2. The van der Waals surface area contributed by atoms with Gasteiger partial charge in [-0.25, -0.2) is 4.99 Å². The molecule has 1 aliphatic rings. The van der Waals surface area contributed by atoms with Gasteiger partial charge < -0.3 is 14.0 Å². The van der Waals surface area contributed by atoms with Crippen LogP contribution in [0.5, 0.6) is 5.75 Å². The number of aliphatic imine (C=N–C) groups is 1. The van der Waals surface area contributed by atoms with Crippen LogP contribution in [0.1, 0.15) is 12.0 Å². The first-order valence-corrected chi connectivity index (χ1v) is 8.57. The van der Waals surface area contributed by atoms with Crippen LogP contribution in [0.2, 0.25) is 0 Å². The van der Waals surface area contributed by atoms with Gasteiger partial charge in [0.05, 0.1) is 34.3 Å². The number of quaternary nitrogens is 1. The molecule has 0 saturated carbocycles. The van der Waals surface area contributed by atoms with Gasteiger partial charge in [-0.05, 0) is 23.8 Å². The maximum Gasteiger partial charge on any atom is 0.258 e. The average molecular weight is 337 g/mol. The smallest absolute Gasteiger partial charge is 0.258 e. The van der Waals surface area contributed by atoms with E-state index in [0.29, 0.717) is 18.3 Å². The summed E-state index contributed by atoms with van der Waals surface area (Å²) in [7, 11) is 6.54. The van der Waals surface area contributed by atoms with Gasteiger partial charge in [-0.15, -0.1) is 0 Å². The molecule has 0 amide bonds. The maximum absolute atomic E-state index is 6.05. The SMILES string of the molecule is C[N+](C)(C)CCCOC1=Nc2ccccc2O/C1=C/c1ccccc1. The second-order valence-corrected chi connectivity index (χ2v) is 7.12. The molecular weight excluding hydrogens is 312 g/mol. The third-order valence-corrected chi connectivity index (χ3v) is 3.83. The van der Waals surface area contributed by atoms with Crippen molar-refractivity contribution in [3.05, 3.63) is 65.9 Å². The van der Waals surface area contributed by atoms with E-state index in [1.807, 2.05) is 60.7 Å². The lowest BCUT2D eigenvalue weighted by Crippen LogP contribution is -2.36. The summed E-state index contributed by atoms with van der Waals surface area (Å²) in [6.45, 7) is 1.66. The van der Waals surface area contributed by atoms with E-state index in [1.165, 1.54) is 0 Å². The summed E-state index contributed by atoms with van der Waals surface area (Å²) in [6.07, 6.45) is 2.93.